The molecule has 0 saturated carbocycles. The molecule has 2 amide bonds. The van der Waals surface area contributed by atoms with E-state index in [0.29, 0.717) is 6.54 Å². The van der Waals surface area contributed by atoms with Crippen molar-refractivity contribution in [3.8, 4) is 0 Å². The second-order valence-corrected chi connectivity index (χ2v) is 3.63. The Labute approximate surface area is 77.7 Å². The number of urea groups is 1. The number of carbonyl (C=O) groups is 1. The highest BCUT2D eigenvalue weighted by atomic mass is 32.2. The van der Waals surface area contributed by atoms with Gasteiger partial charge in [0, 0.05) is 25.4 Å². The summed E-state index contributed by atoms with van der Waals surface area (Å²) in [4.78, 5) is 10.2. The molecule has 0 bridgehead atoms. The molecule has 72 valence electrons. The summed E-state index contributed by atoms with van der Waals surface area (Å²) >= 11 is 1.90. The molecular formula is C7H17N3OS. The van der Waals surface area contributed by atoms with Gasteiger partial charge in [-0.15, -0.1) is 0 Å². The van der Waals surface area contributed by atoms with Gasteiger partial charge in [-0.3, -0.25) is 0 Å². The lowest BCUT2D eigenvalue weighted by Crippen LogP contribution is -2.35. The van der Waals surface area contributed by atoms with E-state index >= 15 is 0 Å². The van der Waals surface area contributed by atoms with Crippen LogP contribution in [0, 0.1) is 0 Å². The molecular weight excluding hydrogens is 174 g/mol. The van der Waals surface area contributed by atoms with Crippen molar-refractivity contribution >= 4 is 17.8 Å². The summed E-state index contributed by atoms with van der Waals surface area (Å²) in [6, 6.07) is -0.459. The summed E-state index contributed by atoms with van der Waals surface area (Å²) in [7, 11) is 0. The largest absolute Gasteiger partial charge is 0.352 e. The highest BCUT2D eigenvalue weighted by Gasteiger charge is 1.90. The van der Waals surface area contributed by atoms with Crippen molar-refractivity contribution in [1.29, 1.82) is 0 Å². The maximum Gasteiger partial charge on any atom is 0.312 e. The molecule has 0 rings (SSSR count). The van der Waals surface area contributed by atoms with E-state index < -0.39 is 6.03 Å². The topological polar surface area (TPSA) is 67.2 Å². The summed E-state index contributed by atoms with van der Waals surface area (Å²) in [5.74, 6) is 2.27. The van der Waals surface area contributed by atoms with Crippen LogP contribution in [0.25, 0.3) is 0 Å². The summed E-state index contributed by atoms with van der Waals surface area (Å²) in [5, 5.41) is 5.69. The molecule has 0 spiro atoms. The van der Waals surface area contributed by atoms with Crippen LogP contribution in [-0.2, 0) is 0 Å². The molecule has 0 aliphatic carbocycles. The zero-order chi connectivity index (χ0) is 9.23. The van der Waals surface area contributed by atoms with E-state index in [1.54, 1.807) is 0 Å². The summed E-state index contributed by atoms with van der Waals surface area (Å²) < 4.78 is 0. The van der Waals surface area contributed by atoms with E-state index in [0.717, 1.165) is 24.6 Å². The fourth-order valence-electron chi connectivity index (χ4n) is 0.688. The lowest BCUT2D eigenvalue weighted by molar-refractivity contribution is 0.249. The molecule has 4 nitrogen and oxygen atoms in total. The van der Waals surface area contributed by atoms with Gasteiger partial charge >= 0.3 is 6.03 Å². The van der Waals surface area contributed by atoms with Crippen LogP contribution >= 0.6 is 11.8 Å². The van der Waals surface area contributed by atoms with Crippen LogP contribution in [0.3, 0.4) is 0 Å². The first kappa shape index (κ1) is 11.6. The molecule has 0 aliphatic heterocycles. The number of hydrogen-bond donors (Lipinski definition) is 3. The molecule has 5 heteroatoms. The third-order valence-corrected chi connectivity index (χ3v) is 2.13. The maximum atomic E-state index is 10.2. The van der Waals surface area contributed by atoms with Gasteiger partial charge in [0.25, 0.3) is 0 Å². The lowest BCUT2D eigenvalue weighted by Gasteiger charge is -2.03. The first-order valence-corrected chi connectivity index (χ1v) is 5.24. The number of carbonyl (C=O) groups excluding carboxylic acids is 1. The third-order valence-electron chi connectivity index (χ3n) is 1.23. The van der Waals surface area contributed by atoms with Crippen LogP contribution in [0.1, 0.15) is 6.92 Å². The Kier molecular flexibility index (Phi) is 8.37. The van der Waals surface area contributed by atoms with Gasteiger partial charge in [-0.1, -0.05) is 6.92 Å². The number of thioether (sulfide) groups is 1. The fourth-order valence-corrected chi connectivity index (χ4v) is 1.27. The van der Waals surface area contributed by atoms with Crippen LogP contribution in [0.2, 0.25) is 0 Å². The summed E-state index contributed by atoms with van der Waals surface area (Å²) in [6.45, 7) is 4.51. The van der Waals surface area contributed by atoms with Crippen molar-refractivity contribution in [2.45, 2.75) is 6.92 Å². The predicted octanol–water partition coefficient (Wildman–Crippen LogP) is -0.00260. The van der Waals surface area contributed by atoms with Crippen LogP contribution in [0.15, 0.2) is 0 Å². The van der Waals surface area contributed by atoms with E-state index in [4.69, 9.17) is 5.73 Å². The van der Waals surface area contributed by atoms with Gasteiger partial charge in [0.15, 0.2) is 0 Å². The molecule has 0 atom stereocenters. The minimum atomic E-state index is -0.459. The van der Waals surface area contributed by atoms with Crippen LogP contribution < -0.4 is 16.4 Å². The van der Waals surface area contributed by atoms with Crippen molar-refractivity contribution in [3.63, 3.8) is 0 Å². The quantitative estimate of drug-likeness (QED) is 0.496. The van der Waals surface area contributed by atoms with Gasteiger partial charge < -0.3 is 16.4 Å². The number of amides is 2. The van der Waals surface area contributed by atoms with Gasteiger partial charge in [0.1, 0.15) is 0 Å². The van der Waals surface area contributed by atoms with Crippen LogP contribution in [0.4, 0.5) is 4.79 Å². The molecule has 0 aromatic carbocycles. The van der Waals surface area contributed by atoms with E-state index in [2.05, 4.69) is 17.6 Å². The third kappa shape index (κ3) is 9.58. The molecule has 4 N–H and O–H groups in total. The molecule has 0 aromatic heterocycles. The highest BCUT2D eigenvalue weighted by molar-refractivity contribution is 7.99. The molecule has 0 heterocycles. The summed E-state index contributed by atoms with van der Waals surface area (Å²) in [6.07, 6.45) is 0. The second-order valence-electron chi connectivity index (χ2n) is 2.24. The van der Waals surface area contributed by atoms with Gasteiger partial charge in [-0.25, -0.2) is 4.79 Å². The smallest absolute Gasteiger partial charge is 0.312 e. The van der Waals surface area contributed by atoms with Crippen LogP contribution in [0.5, 0.6) is 0 Å². The number of nitrogens with two attached hydrogens (primary N) is 1. The Bertz CT molecular complexity index is 121. The van der Waals surface area contributed by atoms with Crippen molar-refractivity contribution in [3.05, 3.63) is 0 Å². The van der Waals surface area contributed by atoms with E-state index in [9.17, 15) is 4.79 Å². The Morgan fingerprint density at radius 1 is 1.42 bits per heavy atom. The SMILES string of the molecule is CCSCCNCCNC(N)=O. The Balaban J connectivity index is 2.86. The minimum Gasteiger partial charge on any atom is -0.352 e. The van der Waals surface area contributed by atoms with Gasteiger partial charge in [-0.2, -0.15) is 11.8 Å². The molecule has 0 unspecified atom stereocenters. The van der Waals surface area contributed by atoms with Crippen LogP contribution in [-0.4, -0.2) is 37.2 Å². The molecule has 12 heavy (non-hydrogen) atoms. The predicted molar refractivity (Wildman–Crippen MR) is 53.5 cm³/mol. The zero-order valence-electron chi connectivity index (χ0n) is 7.43. The highest BCUT2D eigenvalue weighted by Crippen LogP contribution is 1.94. The molecule has 0 aromatic rings. The average molecular weight is 191 g/mol. The van der Waals surface area contributed by atoms with Gasteiger partial charge in [0.05, 0.1) is 0 Å². The lowest BCUT2D eigenvalue weighted by atomic mass is 10.6. The van der Waals surface area contributed by atoms with Crippen molar-refractivity contribution in [2.75, 3.05) is 31.1 Å². The Hall–Kier alpha value is -0.420. The standard InChI is InChI=1S/C7H17N3OS/c1-2-12-6-5-9-3-4-10-7(8)11/h9H,2-6H2,1H3,(H3,8,10,11). The minimum absolute atomic E-state index is 0.459. The number of hydrogen-bond acceptors (Lipinski definition) is 3. The van der Waals surface area contributed by atoms with E-state index in [1.165, 1.54) is 0 Å². The fraction of sp³-hybridized carbons (Fsp3) is 0.857. The van der Waals surface area contributed by atoms with Gasteiger partial charge in [-0.05, 0) is 5.75 Å². The number of nitrogens with one attached hydrogen (secondary N) is 2. The first-order chi connectivity index (χ1) is 5.77. The number of rotatable bonds is 7. The van der Waals surface area contributed by atoms with E-state index in [-0.39, 0.29) is 0 Å². The monoisotopic (exact) mass is 191 g/mol. The first-order valence-electron chi connectivity index (χ1n) is 4.09. The molecule has 0 aliphatic rings. The van der Waals surface area contributed by atoms with Crippen molar-refractivity contribution < 1.29 is 4.79 Å². The Morgan fingerprint density at radius 3 is 2.75 bits per heavy atom. The van der Waals surface area contributed by atoms with Gasteiger partial charge in [0.2, 0.25) is 0 Å². The maximum absolute atomic E-state index is 10.2. The molecule has 0 radical (unpaired) electrons. The summed E-state index contributed by atoms with van der Waals surface area (Å²) in [5.41, 5.74) is 4.87. The second kappa shape index (κ2) is 8.67. The zero-order valence-corrected chi connectivity index (χ0v) is 8.25. The van der Waals surface area contributed by atoms with Crippen molar-refractivity contribution in [1.82, 2.24) is 10.6 Å². The Morgan fingerprint density at radius 2 is 2.17 bits per heavy atom. The molecule has 0 saturated heterocycles. The normalized spacial score (nSPS) is 9.75. The molecule has 0 fully saturated rings. The number of primary amides is 1. The average Bonchev–Trinajstić information content (AvgIpc) is 2.02. The van der Waals surface area contributed by atoms with Crippen molar-refractivity contribution in [2.24, 2.45) is 5.73 Å². The van der Waals surface area contributed by atoms with E-state index in [1.807, 2.05) is 11.8 Å².